The van der Waals surface area contributed by atoms with E-state index in [1.54, 1.807) is 13.2 Å². The molecule has 0 saturated heterocycles. The highest BCUT2D eigenvalue weighted by molar-refractivity contribution is 5.86. The van der Waals surface area contributed by atoms with E-state index in [0.29, 0.717) is 23.9 Å². The van der Waals surface area contributed by atoms with Crippen molar-refractivity contribution in [3.05, 3.63) is 77.6 Å². The summed E-state index contributed by atoms with van der Waals surface area (Å²) in [4.78, 5) is 19.3. The Kier molecular flexibility index (Phi) is 6.79. The smallest absolute Gasteiger partial charge is 0.354 e. The number of aryl methyl sites for hydroxylation is 1. The van der Waals surface area contributed by atoms with Crippen LogP contribution in [0.3, 0.4) is 0 Å². The maximum absolute atomic E-state index is 11.0. The number of halogens is 1. The maximum atomic E-state index is 11.0. The minimum absolute atomic E-state index is 0. The van der Waals surface area contributed by atoms with Crippen molar-refractivity contribution in [3.8, 4) is 34.0 Å². The molecule has 0 aliphatic carbocycles. The molecule has 0 amide bonds. The van der Waals surface area contributed by atoms with Crippen LogP contribution in [0.25, 0.3) is 34.0 Å². The highest BCUT2D eigenvalue weighted by atomic mass is 35.5. The van der Waals surface area contributed by atoms with E-state index in [0.717, 1.165) is 22.3 Å². The minimum atomic E-state index is -1.09. The van der Waals surface area contributed by atoms with Gasteiger partial charge >= 0.3 is 5.97 Å². The number of carbonyl (C=O) groups is 1. The number of pyridine rings is 1. The van der Waals surface area contributed by atoms with Gasteiger partial charge in [0.05, 0.1) is 6.61 Å². The molecule has 2 heterocycles. The van der Waals surface area contributed by atoms with Crippen LogP contribution in [0.2, 0.25) is 0 Å². The molecule has 1 N–H and O–H groups in total. The first-order chi connectivity index (χ1) is 14.6. The summed E-state index contributed by atoms with van der Waals surface area (Å²) < 4.78 is 10.8. The van der Waals surface area contributed by atoms with Gasteiger partial charge in [-0.3, -0.25) is 0 Å². The lowest BCUT2D eigenvalue weighted by atomic mass is 9.94. The Labute approximate surface area is 185 Å². The van der Waals surface area contributed by atoms with Gasteiger partial charge in [0, 0.05) is 24.4 Å². The lowest BCUT2D eigenvalue weighted by molar-refractivity contribution is 0.0690. The third kappa shape index (κ3) is 4.63. The predicted octanol–water partition coefficient (Wildman–Crippen LogP) is 5.04. The molecule has 158 valence electrons. The number of carboxylic acids is 1. The molecule has 0 spiro atoms. The van der Waals surface area contributed by atoms with Gasteiger partial charge in [-0.25, -0.2) is 9.78 Å². The molecule has 2 aromatic carbocycles. The maximum Gasteiger partial charge on any atom is 0.354 e. The van der Waals surface area contributed by atoms with Crippen molar-refractivity contribution in [1.29, 1.82) is 0 Å². The molecule has 0 radical (unpaired) electrons. The highest BCUT2D eigenvalue weighted by Crippen LogP contribution is 2.31. The van der Waals surface area contributed by atoms with Gasteiger partial charge in [-0.1, -0.05) is 35.5 Å². The number of methoxy groups -OCH3 is 1. The third-order valence-electron chi connectivity index (χ3n) is 4.75. The summed E-state index contributed by atoms with van der Waals surface area (Å²) in [5, 5.41) is 13.0. The zero-order valence-corrected chi connectivity index (χ0v) is 17.7. The SMILES string of the molecule is COCc1cc(-c2nc(-c3ccc(C(=O)O)nc3)no2)ccc1-c1ccccc1C.Cl. The Morgan fingerprint density at radius 1 is 1.06 bits per heavy atom. The summed E-state index contributed by atoms with van der Waals surface area (Å²) in [5.41, 5.74) is 5.73. The molecule has 0 atom stereocenters. The average molecular weight is 438 g/mol. The van der Waals surface area contributed by atoms with E-state index in [4.69, 9.17) is 14.4 Å². The Balaban J connectivity index is 0.00000272. The molecule has 0 aliphatic heterocycles. The Morgan fingerprint density at radius 2 is 1.84 bits per heavy atom. The Bertz CT molecular complexity index is 1210. The normalized spacial score (nSPS) is 10.5. The van der Waals surface area contributed by atoms with Gasteiger partial charge in [0.1, 0.15) is 5.69 Å². The number of ether oxygens (including phenoxy) is 1. The van der Waals surface area contributed by atoms with E-state index in [1.807, 2.05) is 30.3 Å². The standard InChI is InChI=1S/C23H19N3O4.ClH/c1-14-5-3-4-6-18(14)19-9-7-15(11-17(19)13-29-2)22-25-21(26-30-22)16-8-10-20(23(27)28)24-12-16;/h3-12H,13H2,1-2H3,(H,27,28);1H. The van der Waals surface area contributed by atoms with Crippen LogP contribution in [-0.2, 0) is 11.3 Å². The van der Waals surface area contributed by atoms with Gasteiger partial charge in [0.2, 0.25) is 5.82 Å². The summed E-state index contributed by atoms with van der Waals surface area (Å²) in [6.07, 6.45) is 1.41. The van der Waals surface area contributed by atoms with Crippen molar-refractivity contribution >= 4 is 18.4 Å². The topological polar surface area (TPSA) is 98.3 Å². The molecular weight excluding hydrogens is 418 g/mol. The van der Waals surface area contributed by atoms with Gasteiger partial charge in [0.25, 0.3) is 5.89 Å². The summed E-state index contributed by atoms with van der Waals surface area (Å²) in [5.74, 6) is -0.388. The second-order valence-corrected chi connectivity index (χ2v) is 6.78. The molecule has 0 aliphatic rings. The van der Waals surface area contributed by atoms with Crippen LogP contribution < -0.4 is 0 Å². The van der Waals surface area contributed by atoms with Crippen molar-refractivity contribution in [1.82, 2.24) is 15.1 Å². The number of hydrogen-bond donors (Lipinski definition) is 1. The monoisotopic (exact) mass is 437 g/mol. The van der Waals surface area contributed by atoms with Crippen molar-refractivity contribution < 1.29 is 19.2 Å². The number of aromatic carboxylic acids is 1. The van der Waals surface area contributed by atoms with Crippen molar-refractivity contribution in [2.75, 3.05) is 7.11 Å². The van der Waals surface area contributed by atoms with Crippen LogP contribution >= 0.6 is 12.4 Å². The van der Waals surface area contributed by atoms with E-state index >= 15 is 0 Å². The lowest BCUT2D eigenvalue weighted by Gasteiger charge is -2.12. The summed E-state index contributed by atoms with van der Waals surface area (Å²) in [6, 6.07) is 17.1. The zero-order chi connectivity index (χ0) is 21.1. The van der Waals surface area contributed by atoms with Gasteiger partial charge in [-0.15, -0.1) is 12.4 Å². The summed E-state index contributed by atoms with van der Waals surface area (Å²) >= 11 is 0. The van der Waals surface area contributed by atoms with E-state index in [2.05, 4.69) is 34.2 Å². The van der Waals surface area contributed by atoms with Crippen LogP contribution in [0.15, 0.2) is 65.3 Å². The molecule has 31 heavy (non-hydrogen) atoms. The fraction of sp³-hybridized carbons (Fsp3) is 0.130. The molecule has 0 bridgehead atoms. The first kappa shape index (κ1) is 22.1. The van der Waals surface area contributed by atoms with Gasteiger partial charge in [-0.2, -0.15) is 4.98 Å². The summed E-state index contributed by atoms with van der Waals surface area (Å²) in [7, 11) is 1.66. The second kappa shape index (κ2) is 9.51. The van der Waals surface area contributed by atoms with Crippen LogP contribution in [0.1, 0.15) is 21.6 Å². The number of rotatable bonds is 6. The van der Waals surface area contributed by atoms with Gasteiger partial charge in [0.15, 0.2) is 0 Å². The van der Waals surface area contributed by atoms with Gasteiger partial charge < -0.3 is 14.4 Å². The third-order valence-corrected chi connectivity index (χ3v) is 4.75. The largest absolute Gasteiger partial charge is 0.477 e. The second-order valence-electron chi connectivity index (χ2n) is 6.78. The predicted molar refractivity (Wildman–Crippen MR) is 118 cm³/mol. The molecule has 4 aromatic rings. The first-order valence-electron chi connectivity index (χ1n) is 9.28. The van der Waals surface area contributed by atoms with Gasteiger partial charge in [-0.05, 0) is 53.4 Å². The fourth-order valence-electron chi connectivity index (χ4n) is 3.25. The molecule has 0 saturated carbocycles. The first-order valence-corrected chi connectivity index (χ1v) is 9.28. The Morgan fingerprint density at radius 3 is 2.52 bits per heavy atom. The minimum Gasteiger partial charge on any atom is -0.477 e. The van der Waals surface area contributed by atoms with E-state index in [9.17, 15) is 4.79 Å². The molecule has 4 rings (SSSR count). The van der Waals surface area contributed by atoms with E-state index < -0.39 is 5.97 Å². The molecule has 0 unspecified atom stereocenters. The van der Waals surface area contributed by atoms with Crippen LogP contribution in [0.4, 0.5) is 0 Å². The van der Waals surface area contributed by atoms with Crippen molar-refractivity contribution in [2.45, 2.75) is 13.5 Å². The number of hydrogen-bond acceptors (Lipinski definition) is 6. The number of nitrogens with zero attached hydrogens (tertiary/aromatic N) is 3. The summed E-state index contributed by atoms with van der Waals surface area (Å²) in [6.45, 7) is 2.52. The molecule has 7 nitrogen and oxygen atoms in total. The van der Waals surface area contributed by atoms with E-state index in [-0.39, 0.29) is 18.1 Å². The van der Waals surface area contributed by atoms with Crippen LogP contribution in [0.5, 0.6) is 0 Å². The fourth-order valence-corrected chi connectivity index (χ4v) is 3.25. The number of carboxylic acid groups (broad SMARTS) is 1. The van der Waals surface area contributed by atoms with Crippen molar-refractivity contribution in [2.24, 2.45) is 0 Å². The molecule has 8 heteroatoms. The average Bonchev–Trinajstić information content (AvgIpc) is 3.25. The molecular formula is C23H20ClN3O4. The van der Waals surface area contributed by atoms with Crippen LogP contribution in [0, 0.1) is 6.92 Å². The quantitative estimate of drug-likeness (QED) is 0.451. The Hall–Kier alpha value is -3.55. The van der Waals surface area contributed by atoms with Crippen LogP contribution in [-0.4, -0.2) is 33.3 Å². The number of benzene rings is 2. The highest BCUT2D eigenvalue weighted by Gasteiger charge is 2.15. The van der Waals surface area contributed by atoms with Crippen molar-refractivity contribution in [3.63, 3.8) is 0 Å². The zero-order valence-electron chi connectivity index (χ0n) is 16.9. The molecule has 0 fully saturated rings. The van der Waals surface area contributed by atoms with E-state index in [1.165, 1.54) is 17.8 Å². The lowest BCUT2D eigenvalue weighted by Crippen LogP contribution is -1.99. The molecule has 2 aromatic heterocycles. The number of aromatic nitrogens is 3.